The Balaban J connectivity index is 4.35. The van der Waals surface area contributed by atoms with Crippen molar-refractivity contribution in [3.8, 4) is 0 Å². The van der Waals surface area contributed by atoms with Crippen LogP contribution in [-0.4, -0.2) is 40.7 Å². The lowest BCUT2D eigenvalue weighted by molar-refractivity contribution is -0.143. The second-order valence-corrected chi connectivity index (χ2v) is 2.98. The zero-order valence-electron chi connectivity index (χ0n) is 7.96. The predicted molar refractivity (Wildman–Crippen MR) is 52.0 cm³/mol. The number of nitrogens with zero attached hydrogens (tertiary/aromatic N) is 1. The van der Waals surface area contributed by atoms with Crippen molar-refractivity contribution >= 4 is 17.9 Å². The molecule has 0 rings (SSSR count). The molecule has 0 heterocycles. The van der Waals surface area contributed by atoms with Crippen molar-refractivity contribution in [1.82, 2.24) is 0 Å². The monoisotopic (exact) mass is 218 g/mol. The Hall–Kier alpha value is -1.83. The van der Waals surface area contributed by atoms with E-state index in [1.807, 2.05) is 0 Å². The van der Waals surface area contributed by atoms with Crippen LogP contribution in [0.2, 0.25) is 0 Å². The smallest absolute Gasteiger partial charge is 0.320 e. The van der Waals surface area contributed by atoms with Crippen molar-refractivity contribution in [2.24, 2.45) is 28.1 Å². The first-order valence-electron chi connectivity index (χ1n) is 4.11. The number of aliphatic carboxylic acids is 2. The summed E-state index contributed by atoms with van der Waals surface area (Å²) in [6, 6.07) is -1.24. The highest BCUT2D eigenvalue weighted by atomic mass is 16.4. The third-order valence-electron chi connectivity index (χ3n) is 1.70. The van der Waals surface area contributed by atoms with Gasteiger partial charge in [0.25, 0.3) is 0 Å². The molecule has 0 saturated carbocycles. The van der Waals surface area contributed by atoms with Crippen LogP contribution >= 0.6 is 0 Å². The highest BCUT2D eigenvalue weighted by Gasteiger charge is 2.23. The summed E-state index contributed by atoms with van der Waals surface area (Å²) in [5.41, 5.74) is 15.2. The largest absolute Gasteiger partial charge is 0.481 e. The number of aliphatic imine (C=N–C) groups is 1. The van der Waals surface area contributed by atoms with E-state index < -0.39 is 23.9 Å². The molecule has 0 aromatic heterocycles. The lowest BCUT2D eigenvalue weighted by atomic mass is 10.0. The van der Waals surface area contributed by atoms with E-state index in [9.17, 15) is 9.59 Å². The zero-order chi connectivity index (χ0) is 12.0. The van der Waals surface area contributed by atoms with Gasteiger partial charge in [0.1, 0.15) is 6.04 Å². The van der Waals surface area contributed by atoms with Crippen LogP contribution in [0.5, 0.6) is 0 Å². The van der Waals surface area contributed by atoms with Gasteiger partial charge >= 0.3 is 11.9 Å². The Morgan fingerprint density at radius 2 is 1.73 bits per heavy atom. The van der Waals surface area contributed by atoms with E-state index in [2.05, 4.69) is 4.99 Å². The van der Waals surface area contributed by atoms with Gasteiger partial charge in [0.2, 0.25) is 0 Å². The lowest BCUT2D eigenvalue weighted by Crippen LogP contribution is -2.36. The summed E-state index contributed by atoms with van der Waals surface area (Å²) in [5, 5.41) is 17.2. The van der Waals surface area contributed by atoms with E-state index in [4.69, 9.17) is 27.4 Å². The molecule has 0 aliphatic carbocycles. The van der Waals surface area contributed by atoms with Gasteiger partial charge in [0.05, 0.1) is 12.5 Å². The summed E-state index contributed by atoms with van der Waals surface area (Å²) >= 11 is 0. The van der Waals surface area contributed by atoms with E-state index in [0.717, 1.165) is 0 Å². The maximum absolute atomic E-state index is 10.7. The van der Waals surface area contributed by atoms with Crippen molar-refractivity contribution in [3.63, 3.8) is 0 Å². The van der Waals surface area contributed by atoms with Crippen LogP contribution in [0.25, 0.3) is 0 Å². The molecule has 0 amide bonds. The van der Waals surface area contributed by atoms with Crippen molar-refractivity contribution < 1.29 is 19.8 Å². The van der Waals surface area contributed by atoms with E-state index >= 15 is 0 Å². The number of carboxylic acid groups (broad SMARTS) is 2. The van der Waals surface area contributed by atoms with Crippen LogP contribution in [0.1, 0.15) is 6.42 Å². The molecule has 2 atom stereocenters. The fourth-order valence-corrected chi connectivity index (χ4v) is 0.876. The Kier molecular flexibility index (Phi) is 5.10. The summed E-state index contributed by atoms with van der Waals surface area (Å²) in [6.45, 7) is -0.182. The van der Waals surface area contributed by atoms with Crippen molar-refractivity contribution in [1.29, 1.82) is 0 Å². The minimum absolute atomic E-state index is 0.182. The number of carboxylic acids is 2. The number of nitrogens with two attached hydrogens (primary N) is 3. The third kappa shape index (κ3) is 5.47. The summed E-state index contributed by atoms with van der Waals surface area (Å²) < 4.78 is 0. The molecule has 0 aromatic carbocycles. The quantitative estimate of drug-likeness (QED) is 0.248. The zero-order valence-corrected chi connectivity index (χ0v) is 7.96. The van der Waals surface area contributed by atoms with Crippen LogP contribution in [0.15, 0.2) is 4.99 Å². The van der Waals surface area contributed by atoms with Crippen LogP contribution in [0.4, 0.5) is 0 Å². The molecule has 0 bridgehead atoms. The van der Waals surface area contributed by atoms with Gasteiger partial charge in [-0.05, 0) is 6.42 Å². The SMILES string of the molecule is NC(N)=NCC(C[C@H](N)C(=O)O)C(=O)O. The molecule has 86 valence electrons. The first kappa shape index (κ1) is 13.2. The van der Waals surface area contributed by atoms with E-state index in [0.29, 0.717) is 0 Å². The van der Waals surface area contributed by atoms with Gasteiger partial charge in [-0.2, -0.15) is 0 Å². The minimum Gasteiger partial charge on any atom is -0.481 e. The molecule has 0 radical (unpaired) electrons. The molecule has 0 aromatic rings. The molecule has 15 heavy (non-hydrogen) atoms. The molecule has 0 aliphatic rings. The third-order valence-corrected chi connectivity index (χ3v) is 1.70. The fourth-order valence-electron chi connectivity index (χ4n) is 0.876. The predicted octanol–water partition coefficient (Wildman–Crippen LogP) is -2.24. The molecule has 0 fully saturated rings. The Labute approximate surface area is 85.8 Å². The minimum atomic E-state index is -1.26. The van der Waals surface area contributed by atoms with Gasteiger partial charge < -0.3 is 27.4 Å². The number of guanidine groups is 1. The molecular weight excluding hydrogens is 204 g/mol. The average Bonchev–Trinajstić information content (AvgIpc) is 2.10. The molecule has 1 unspecified atom stereocenters. The van der Waals surface area contributed by atoms with Crippen molar-refractivity contribution in [2.75, 3.05) is 6.54 Å². The number of hydrogen-bond acceptors (Lipinski definition) is 4. The standard InChI is InChI=1S/C7H14N4O4/c8-4(6(14)15)1-3(5(12)13)2-11-7(9)10/h3-4H,1-2,8H2,(H,12,13)(H,14,15)(H4,9,10,11)/t3?,4-/m0/s1. The highest BCUT2D eigenvalue weighted by Crippen LogP contribution is 2.07. The Bertz CT molecular complexity index is 274. The van der Waals surface area contributed by atoms with Crippen molar-refractivity contribution in [2.45, 2.75) is 12.5 Å². The fraction of sp³-hybridized carbons (Fsp3) is 0.571. The summed E-state index contributed by atoms with van der Waals surface area (Å²) in [4.78, 5) is 24.6. The molecule has 0 spiro atoms. The second kappa shape index (κ2) is 5.81. The van der Waals surface area contributed by atoms with Gasteiger partial charge in [-0.1, -0.05) is 0 Å². The highest BCUT2D eigenvalue weighted by molar-refractivity contribution is 5.77. The Morgan fingerprint density at radius 1 is 1.20 bits per heavy atom. The van der Waals surface area contributed by atoms with Gasteiger partial charge in [-0.3, -0.25) is 14.6 Å². The molecule has 8 N–H and O–H groups in total. The topological polar surface area (TPSA) is 165 Å². The molecule has 8 nitrogen and oxygen atoms in total. The van der Waals surface area contributed by atoms with E-state index in [1.165, 1.54) is 0 Å². The maximum atomic E-state index is 10.7. The van der Waals surface area contributed by atoms with E-state index in [-0.39, 0.29) is 18.9 Å². The van der Waals surface area contributed by atoms with Gasteiger partial charge in [-0.25, -0.2) is 0 Å². The van der Waals surface area contributed by atoms with Crippen LogP contribution in [0, 0.1) is 5.92 Å². The first-order chi connectivity index (χ1) is 6.84. The summed E-state index contributed by atoms with van der Waals surface area (Å²) in [6.07, 6.45) is -0.221. The normalized spacial score (nSPS) is 13.9. The number of carbonyl (C=O) groups is 2. The van der Waals surface area contributed by atoms with Crippen LogP contribution in [0.3, 0.4) is 0 Å². The summed E-state index contributed by atoms with van der Waals surface area (Å²) in [7, 11) is 0. The lowest BCUT2D eigenvalue weighted by Gasteiger charge is -2.12. The second-order valence-electron chi connectivity index (χ2n) is 2.98. The maximum Gasteiger partial charge on any atom is 0.320 e. The first-order valence-corrected chi connectivity index (χ1v) is 4.11. The molecule has 0 aliphatic heterocycles. The van der Waals surface area contributed by atoms with E-state index in [1.54, 1.807) is 0 Å². The van der Waals surface area contributed by atoms with Gasteiger partial charge in [0.15, 0.2) is 5.96 Å². The van der Waals surface area contributed by atoms with Crippen LogP contribution < -0.4 is 17.2 Å². The molecule has 0 saturated heterocycles. The molecular formula is C7H14N4O4. The number of rotatable bonds is 6. The van der Waals surface area contributed by atoms with Crippen LogP contribution in [-0.2, 0) is 9.59 Å². The van der Waals surface area contributed by atoms with Gasteiger partial charge in [-0.15, -0.1) is 0 Å². The average molecular weight is 218 g/mol. The van der Waals surface area contributed by atoms with Crippen molar-refractivity contribution in [3.05, 3.63) is 0 Å². The number of hydrogen-bond donors (Lipinski definition) is 5. The molecule has 8 heteroatoms. The van der Waals surface area contributed by atoms with Gasteiger partial charge in [0, 0.05) is 0 Å². The Morgan fingerprint density at radius 3 is 2.07 bits per heavy atom. The summed E-state index contributed by atoms with van der Waals surface area (Å²) in [5.74, 6) is -3.69.